The Morgan fingerprint density at radius 2 is 1.53 bits per heavy atom. The van der Waals surface area contributed by atoms with Crippen LogP contribution in [0.3, 0.4) is 0 Å². The Kier molecular flexibility index (Phi) is 9.88. The average Bonchev–Trinajstić information content (AvgIpc) is 3.33. The van der Waals surface area contributed by atoms with E-state index >= 15 is 0 Å². The Bertz CT molecular complexity index is 1380. The zero-order valence-corrected chi connectivity index (χ0v) is 25.2. The highest BCUT2D eigenvalue weighted by Crippen LogP contribution is 2.48. The fraction of sp³-hybridized carbons (Fsp3) is 0.654. The van der Waals surface area contributed by atoms with Gasteiger partial charge in [0.2, 0.25) is 11.5 Å². The Morgan fingerprint density at radius 1 is 0.978 bits per heavy atom. The SMILES string of the molecule is [B]C1CCCOc2nc(c(N(C(=O)OC(C)(C)C)C(=O)OC(C)(C)C)cc2C(F)(F)F)-c2nnc(o2)C(O)(C(F)(F)F)CC1[B]. The number of ether oxygens (including phenoxy) is 3. The van der Waals surface area contributed by atoms with E-state index in [1.165, 1.54) is 41.5 Å². The molecule has 1 aliphatic heterocycles. The standard InChI is InChI=1S/C26H30B2F6N4O7/c1-22(2,3)44-20(39)38(21(40)45-23(4,5)6)15-10-12(25(29,30)31)17-35-16(15)18-36-37-19(43-18)24(41,26(32,33)34)11-14(28)13(27)8-7-9-42-17/h10,13-14,41H,7-9,11H2,1-6H3. The summed E-state index contributed by atoms with van der Waals surface area (Å²) in [6, 6.07) is 0.277. The summed E-state index contributed by atoms with van der Waals surface area (Å²) in [5.74, 6) is -6.25. The quantitative estimate of drug-likeness (QED) is 0.288. The van der Waals surface area contributed by atoms with Gasteiger partial charge < -0.3 is 23.7 Å². The first-order valence-corrected chi connectivity index (χ1v) is 13.5. The molecule has 2 amide bonds. The van der Waals surface area contributed by atoms with Gasteiger partial charge in [0, 0.05) is 0 Å². The number of amides is 2. The molecule has 2 aromatic rings. The molecule has 3 unspecified atom stereocenters. The summed E-state index contributed by atoms with van der Waals surface area (Å²) in [5.41, 5.74) is -9.96. The van der Waals surface area contributed by atoms with Crippen LogP contribution in [0.25, 0.3) is 11.6 Å². The summed E-state index contributed by atoms with van der Waals surface area (Å²) >= 11 is 0. The molecule has 3 atom stereocenters. The zero-order chi connectivity index (χ0) is 34.3. The van der Waals surface area contributed by atoms with Crippen molar-refractivity contribution in [2.75, 3.05) is 11.5 Å². The van der Waals surface area contributed by atoms with Crippen molar-refractivity contribution in [1.29, 1.82) is 0 Å². The van der Waals surface area contributed by atoms with Crippen LogP contribution in [0, 0.1) is 0 Å². The van der Waals surface area contributed by atoms with Crippen LogP contribution in [0.2, 0.25) is 11.6 Å². The van der Waals surface area contributed by atoms with Gasteiger partial charge in [-0.2, -0.15) is 31.2 Å². The topological polar surface area (TPSA) is 137 Å². The fourth-order valence-electron chi connectivity index (χ4n) is 4.02. The molecule has 2 aromatic heterocycles. The highest BCUT2D eigenvalue weighted by Gasteiger charge is 2.59. The summed E-state index contributed by atoms with van der Waals surface area (Å²) in [5, 5.41) is 17.5. The van der Waals surface area contributed by atoms with Crippen molar-refractivity contribution in [3.05, 3.63) is 17.5 Å². The number of carbonyl (C=O) groups is 2. The van der Waals surface area contributed by atoms with Gasteiger partial charge in [0.25, 0.3) is 11.8 Å². The van der Waals surface area contributed by atoms with Crippen molar-refractivity contribution in [3.8, 4) is 17.5 Å². The lowest BCUT2D eigenvalue weighted by Crippen LogP contribution is -2.44. The van der Waals surface area contributed by atoms with Gasteiger partial charge in [-0.15, -0.1) is 10.2 Å². The Balaban J connectivity index is 2.41. The van der Waals surface area contributed by atoms with Gasteiger partial charge in [-0.3, -0.25) is 0 Å². The molecule has 4 radical (unpaired) electrons. The van der Waals surface area contributed by atoms with Crippen molar-refractivity contribution in [2.45, 2.75) is 102 Å². The Morgan fingerprint density at radius 3 is 2.02 bits per heavy atom. The fourth-order valence-corrected chi connectivity index (χ4v) is 4.02. The second kappa shape index (κ2) is 12.4. The van der Waals surface area contributed by atoms with E-state index in [1.807, 2.05) is 0 Å². The number of fused-ring (bicyclic) bond motifs is 5. The molecule has 1 aliphatic rings. The van der Waals surface area contributed by atoms with E-state index in [0.29, 0.717) is 0 Å². The molecule has 3 rings (SSSR count). The number of alkyl halides is 6. The predicted molar refractivity (Wildman–Crippen MR) is 146 cm³/mol. The van der Waals surface area contributed by atoms with Gasteiger partial charge in [0.15, 0.2) is 5.69 Å². The molecule has 0 fully saturated rings. The van der Waals surface area contributed by atoms with Gasteiger partial charge >= 0.3 is 24.5 Å². The van der Waals surface area contributed by atoms with Crippen LogP contribution in [-0.4, -0.2) is 72.2 Å². The van der Waals surface area contributed by atoms with E-state index in [0.717, 1.165) is 0 Å². The lowest BCUT2D eigenvalue weighted by atomic mass is 9.61. The lowest BCUT2D eigenvalue weighted by Gasteiger charge is -2.32. The van der Waals surface area contributed by atoms with Crippen LogP contribution in [0.5, 0.6) is 5.88 Å². The van der Waals surface area contributed by atoms with E-state index in [-0.39, 0.29) is 23.8 Å². The minimum Gasteiger partial charge on any atom is -0.477 e. The first-order valence-electron chi connectivity index (χ1n) is 13.5. The molecule has 0 aliphatic carbocycles. The van der Waals surface area contributed by atoms with Crippen molar-refractivity contribution in [3.63, 3.8) is 0 Å². The van der Waals surface area contributed by atoms with Gasteiger partial charge in [0.1, 0.15) is 16.8 Å². The molecule has 19 heteroatoms. The summed E-state index contributed by atoms with van der Waals surface area (Å²) in [6.45, 7) is 7.94. The summed E-state index contributed by atoms with van der Waals surface area (Å²) in [6.07, 6.45) is -15.2. The molecule has 244 valence electrons. The molecule has 0 aromatic carbocycles. The van der Waals surface area contributed by atoms with Crippen LogP contribution in [-0.2, 0) is 21.3 Å². The zero-order valence-electron chi connectivity index (χ0n) is 25.2. The molecule has 0 saturated heterocycles. The second-order valence-corrected chi connectivity index (χ2v) is 12.3. The number of hydrogen-bond donors (Lipinski definition) is 1. The maximum Gasteiger partial charge on any atom is 0.426 e. The van der Waals surface area contributed by atoms with Crippen LogP contribution in [0.15, 0.2) is 10.5 Å². The molecular weight excluding hydrogens is 616 g/mol. The highest BCUT2D eigenvalue weighted by atomic mass is 19.4. The normalized spacial score (nSPS) is 21.7. The predicted octanol–water partition coefficient (Wildman–Crippen LogP) is 6.05. The van der Waals surface area contributed by atoms with Crippen molar-refractivity contribution in [2.24, 2.45) is 0 Å². The third-order valence-electron chi connectivity index (χ3n) is 6.12. The third kappa shape index (κ3) is 8.41. The Labute approximate surface area is 256 Å². The first-order chi connectivity index (χ1) is 20.3. The number of hydrogen-bond acceptors (Lipinski definition) is 10. The third-order valence-corrected chi connectivity index (χ3v) is 6.12. The largest absolute Gasteiger partial charge is 0.477 e. The highest BCUT2D eigenvalue weighted by molar-refractivity contribution is 6.21. The van der Waals surface area contributed by atoms with E-state index in [1.54, 1.807) is 0 Å². The maximum atomic E-state index is 14.3. The number of rotatable bonds is 1. The maximum absolute atomic E-state index is 14.3. The van der Waals surface area contributed by atoms with Gasteiger partial charge in [-0.05, 0) is 60.5 Å². The molecule has 0 spiro atoms. The average molecular weight is 646 g/mol. The number of nitrogens with zero attached hydrogens (tertiary/aromatic N) is 4. The van der Waals surface area contributed by atoms with Crippen LogP contribution < -0.4 is 9.64 Å². The second-order valence-electron chi connectivity index (χ2n) is 12.3. The number of imide groups is 1. The minimum atomic E-state index is -5.45. The summed E-state index contributed by atoms with van der Waals surface area (Å²) in [7, 11) is 11.7. The van der Waals surface area contributed by atoms with E-state index in [4.69, 9.17) is 34.3 Å². The number of anilines is 1. The number of aliphatic hydroxyl groups is 1. The summed E-state index contributed by atoms with van der Waals surface area (Å²) < 4.78 is 107. The number of aromatic nitrogens is 3. The smallest absolute Gasteiger partial charge is 0.426 e. The molecule has 1 N–H and O–H groups in total. The molecule has 4 bridgehead atoms. The monoisotopic (exact) mass is 646 g/mol. The van der Waals surface area contributed by atoms with E-state index < -0.39 is 101 Å². The van der Waals surface area contributed by atoms with Gasteiger partial charge in [-0.1, -0.05) is 18.1 Å². The van der Waals surface area contributed by atoms with Crippen molar-refractivity contribution < 1.29 is 59.7 Å². The number of halogens is 6. The van der Waals surface area contributed by atoms with Gasteiger partial charge in [0.05, 0.1) is 28.0 Å². The molecule has 3 heterocycles. The minimum absolute atomic E-state index is 0.0513. The number of carbonyl (C=O) groups excluding carboxylic acids is 2. The molecular formula is C26H30B2F6N4O7. The first kappa shape index (κ1) is 36.0. The van der Waals surface area contributed by atoms with Crippen molar-refractivity contribution >= 4 is 33.6 Å². The van der Waals surface area contributed by atoms with Crippen LogP contribution in [0.1, 0.15) is 72.3 Å². The van der Waals surface area contributed by atoms with Gasteiger partial charge in [-0.25, -0.2) is 14.6 Å². The van der Waals surface area contributed by atoms with E-state index in [9.17, 15) is 41.0 Å². The molecule has 45 heavy (non-hydrogen) atoms. The van der Waals surface area contributed by atoms with Crippen LogP contribution >= 0.6 is 0 Å². The van der Waals surface area contributed by atoms with E-state index in [2.05, 4.69) is 15.2 Å². The summed E-state index contributed by atoms with van der Waals surface area (Å²) in [4.78, 5) is 30.5. The Hall–Kier alpha value is -3.50. The lowest BCUT2D eigenvalue weighted by molar-refractivity contribution is -0.277. The number of pyridine rings is 1. The van der Waals surface area contributed by atoms with Crippen LogP contribution in [0.4, 0.5) is 41.6 Å². The molecule has 11 nitrogen and oxygen atoms in total. The molecule has 0 saturated carbocycles. The van der Waals surface area contributed by atoms with Crippen molar-refractivity contribution in [1.82, 2.24) is 15.2 Å².